The summed E-state index contributed by atoms with van der Waals surface area (Å²) in [4.78, 5) is 29.0. The van der Waals surface area contributed by atoms with E-state index in [9.17, 15) is 9.59 Å². The first-order chi connectivity index (χ1) is 12.6. The molecule has 0 bridgehead atoms. The Morgan fingerprint density at radius 2 is 1.92 bits per heavy atom. The molecule has 8 heteroatoms. The van der Waals surface area contributed by atoms with Crippen molar-refractivity contribution >= 4 is 17.3 Å². The summed E-state index contributed by atoms with van der Waals surface area (Å²) in [7, 11) is 1.61. The highest BCUT2D eigenvalue weighted by Gasteiger charge is 2.43. The molecule has 2 aromatic heterocycles. The van der Waals surface area contributed by atoms with E-state index in [2.05, 4.69) is 20.7 Å². The summed E-state index contributed by atoms with van der Waals surface area (Å²) in [5.41, 5.74) is 0.533. The van der Waals surface area contributed by atoms with Gasteiger partial charge in [-0.2, -0.15) is 5.10 Å². The number of hydrogen-bond acceptors (Lipinski definition) is 5. The Labute approximate surface area is 151 Å². The van der Waals surface area contributed by atoms with E-state index in [1.807, 2.05) is 0 Å². The van der Waals surface area contributed by atoms with Crippen LogP contribution in [0.3, 0.4) is 0 Å². The number of amides is 2. The molecule has 2 amide bonds. The number of fused-ring (bicyclic) bond motifs is 1. The van der Waals surface area contributed by atoms with Crippen molar-refractivity contribution in [1.29, 1.82) is 0 Å². The fourth-order valence-corrected chi connectivity index (χ4v) is 3.91. The minimum Gasteiger partial charge on any atom is -0.368 e. The first-order valence-electron chi connectivity index (χ1n) is 9.06. The molecule has 138 valence electrons. The molecule has 8 nitrogen and oxygen atoms in total. The van der Waals surface area contributed by atoms with Crippen LogP contribution in [0.5, 0.6) is 0 Å². The van der Waals surface area contributed by atoms with E-state index in [1.165, 1.54) is 0 Å². The van der Waals surface area contributed by atoms with Gasteiger partial charge in [-0.3, -0.25) is 14.6 Å². The number of carbonyl (C=O) groups excluding carboxylic acids is 2. The lowest BCUT2D eigenvalue weighted by Gasteiger charge is -2.38. The number of nitrogens with zero attached hydrogens (tertiary/aromatic N) is 3. The van der Waals surface area contributed by atoms with Gasteiger partial charge in [0.2, 0.25) is 0 Å². The summed E-state index contributed by atoms with van der Waals surface area (Å²) < 4.78 is 7.14. The maximum absolute atomic E-state index is 12.5. The van der Waals surface area contributed by atoms with Crippen LogP contribution < -0.4 is 10.6 Å². The normalized spacial score (nSPS) is 24.2. The molecule has 0 unspecified atom stereocenters. The van der Waals surface area contributed by atoms with E-state index >= 15 is 0 Å². The van der Waals surface area contributed by atoms with Crippen LogP contribution in [0.15, 0.2) is 24.8 Å². The van der Waals surface area contributed by atoms with Crippen molar-refractivity contribution in [1.82, 2.24) is 25.2 Å². The van der Waals surface area contributed by atoms with E-state index in [-0.39, 0.29) is 23.9 Å². The maximum atomic E-state index is 12.5. The highest BCUT2D eigenvalue weighted by atomic mass is 16.5. The number of ether oxygens (including phenoxy) is 1. The van der Waals surface area contributed by atoms with Crippen LogP contribution in [0, 0.1) is 0 Å². The molecule has 2 saturated carbocycles. The molecule has 2 heterocycles. The van der Waals surface area contributed by atoms with Gasteiger partial charge in [0.05, 0.1) is 23.5 Å². The van der Waals surface area contributed by atoms with Crippen LogP contribution in [0.1, 0.15) is 48.9 Å². The first-order valence-corrected chi connectivity index (χ1v) is 9.06. The van der Waals surface area contributed by atoms with Gasteiger partial charge < -0.3 is 15.4 Å². The number of nitrogens with one attached hydrogen (secondary N) is 2. The van der Waals surface area contributed by atoms with E-state index < -0.39 is 5.60 Å². The van der Waals surface area contributed by atoms with Gasteiger partial charge in [0.25, 0.3) is 11.8 Å². The van der Waals surface area contributed by atoms with E-state index in [1.54, 1.807) is 36.4 Å². The zero-order valence-electron chi connectivity index (χ0n) is 14.8. The minimum atomic E-state index is -0.654. The smallest absolute Gasteiger partial charge is 0.255 e. The molecule has 2 fully saturated rings. The van der Waals surface area contributed by atoms with Crippen LogP contribution in [-0.4, -0.2) is 51.2 Å². The van der Waals surface area contributed by atoms with Crippen molar-refractivity contribution in [3.63, 3.8) is 0 Å². The van der Waals surface area contributed by atoms with Crippen molar-refractivity contribution in [3.05, 3.63) is 30.4 Å². The maximum Gasteiger partial charge on any atom is 0.255 e. The molecule has 0 saturated heterocycles. The number of carbonyl (C=O) groups is 2. The lowest BCUT2D eigenvalue weighted by atomic mass is 9.85. The summed E-state index contributed by atoms with van der Waals surface area (Å²) in [6.07, 6.45) is 11.6. The molecule has 2 aliphatic rings. The molecular formula is C18H23N5O3. The second-order valence-corrected chi connectivity index (χ2v) is 7.18. The quantitative estimate of drug-likeness (QED) is 0.834. The number of hydrogen-bond donors (Lipinski definition) is 2. The SMILES string of the molecule is COC1(C(=O)NC2CC(NC(=O)c3cnn4ccncc34)C2)CCCC1. The van der Waals surface area contributed by atoms with E-state index in [0.29, 0.717) is 11.1 Å². The van der Waals surface area contributed by atoms with Crippen LogP contribution in [0.2, 0.25) is 0 Å². The summed E-state index contributed by atoms with van der Waals surface area (Å²) in [6, 6.07) is 0.146. The Balaban J connectivity index is 1.30. The first kappa shape index (κ1) is 17.0. The van der Waals surface area contributed by atoms with Crippen LogP contribution >= 0.6 is 0 Å². The molecule has 0 aromatic carbocycles. The van der Waals surface area contributed by atoms with Gasteiger partial charge in [-0.15, -0.1) is 0 Å². The monoisotopic (exact) mass is 357 g/mol. The molecule has 2 aromatic rings. The highest BCUT2D eigenvalue weighted by Crippen LogP contribution is 2.33. The standard InChI is InChI=1S/C18H23N5O3/c1-26-18(4-2-3-5-18)17(25)22-13-8-12(9-13)21-16(24)14-10-20-23-7-6-19-11-15(14)23/h6-7,10-13H,2-5,8-9H2,1H3,(H,21,24)(H,22,25). The summed E-state index contributed by atoms with van der Waals surface area (Å²) >= 11 is 0. The predicted molar refractivity (Wildman–Crippen MR) is 93.6 cm³/mol. The summed E-state index contributed by atoms with van der Waals surface area (Å²) in [5, 5.41) is 10.2. The molecular weight excluding hydrogens is 334 g/mol. The van der Waals surface area contributed by atoms with Gasteiger partial charge in [0.1, 0.15) is 5.60 Å². The van der Waals surface area contributed by atoms with Crippen molar-refractivity contribution in [3.8, 4) is 0 Å². The van der Waals surface area contributed by atoms with Crippen molar-refractivity contribution in [2.75, 3.05) is 7.11 Å². The lowest BCUT2D eigenvalue weighted by molar-refractivity contribution is -0.144. The molecule has 0 atom stereocenters. The second kappa shape index (κ2) is 6.68. The van der Waals surface area contributed by atoms with Gasteiger partial charge in [-0.25, -0.2) is 4.52 Å². The topological polar surface area (TPSA) is 97.6 Å². The fraction of sp³-hybridized carbons (Fsp3) is 0.556. The third kappa shape index (κ3) is 2.94. The Bertz CT molecular complexity index is 821. The van der Waals surface area contributed by atoms with Crippen LogP contribution in [-0.2, 0) is 9.53 Å². The van der Waals surface area contributed by atoms with Crippen molar-refractivity contribution in [2.24, 2.45) is 0 Å². The third-order valence-electron chi connectivity index (χ3n) is 5.59. The number of aromatic nitrogens is 3. The summed E-state index contributed by atoms with van der Waals surface area (Å²) in [6.45, 7) is 0. The van der Waals surface area contributed by atoms with Gasteiger partial charge >= 0.3 is 0 Å². The fourth-order valence-electron chi connectivity index (χ4n) is 3.91. The molecule has 4 rings (SSSR count). The highest BCUT2D eigenvalue weighted by molar-refractivity contribution is 6.00. The average molecular weight is 357 g/mol. The second-order valence-electron chi connectivity index (χ2n) is 7.18. The van der Waals surface area contributed by atoms with Crippen LogP contribution in [0.4, 0.5) is 0 Å². The van der Waals surface area contributed by atoms with E-state index in [4.69, 9.17) is 4.74 Å². The molecule has 2 N–H and O–H groups in total. The zero-order valence-corrected chi connectivity index (χ0v) is 14.8. The largest absolute Gasteiger partial charge is 0.368 e. The Kier molecular flexibility index (Phi) is 4.36. The Morgan fingerprint density at radius 3 is 2.65 bits per heavy atom. The number of methoxy groups -OCH3 is 1. The Hall–Kier alpha value is -2.48. The number of rotatable bonds is 5. The third-order valence-corrected chi connectivity index (χ3v) is 5.59. The predicted octanol–water partition coefficient (Wildman–Crippen LogP) is 1.07. The van der Waals surface area contributed by atoms with Crippen molar-refractivity contribution in [2.45, 2.75) is 56.2 Å². The van der Waals surface area contributed by atoms with Crippen LogP contribution in [0.25, 0.3) is 5.52 Å². The zero-order chi connectivity index (χ0) is 18.1. The van der Waals surface area contributed by atoms with Gasteiger partial charge in [0.15, 0.2) is 0 Å². The molecule has 26 heavy (non-hydrogen) atoms. The summed E-state index contributed by atoms with van der Waals surface area (Å²) in [5.74, 6) is -0.173. The molecule has 0 radical (unpaired) electrons. The molecule has 0 spiro atoms. The van der Waals surface area contributed by atoms with Crippen molar-refractivity contribution < 1.29 is 14.3 Å². The minimum absolute atomic E-state index is 0.0130. The van der Waals surface area contributed by atoms with Gasteiger partial charge in [-0.1, -0.05) is 0 Å². The average Bonchev–Trinajstić information content (AvgIpc) is 3.27. The molecule has 2 aliphatic carbocycles. The molecule has 0 aliphatic heterocycles. The van der Waals surface area contributed by atoms with Gasteiger partial charge in [-0.05, 0) is 38.5 Å². The Morgan fingerprint density at radius 1 is 1.19 bits per heavy atom. The van der Waals surface area contributed by atoms with E-state index in [0.717, 1.165) is 38.5 Å². The van der Waals surface area contributed by atoms with Gasteiger partial charge in [0, 0.05) is 31.6 Å². The lowest BCUT2D eigenvalue weighted by Crippen LogP contribution is -2.57.